The molecule has 1 saturated heterocycles. The molecule has 0 bridgehead atoms. The molecule has 0 radical (unpaired) electrons. The summed E-state index contributed by atoms with van der Waals surface area (Å²) in [7, 11) is -4.10. The van der Waals surface area contributed by atoms with Gasteiger partial charge in [-0.05, 0) is 62.1 Å². The number of amides is 1. The highest BCUT2D eigenvalue weighted by atomic mass is 32.2. The van der Waals surface area contributed by atoms with Crippen molar-refractivity contribution < 1.29 is 27.2 Å². The molecule has 0 aliphatic carbocycles. The molecule has 0 saturated carbocycles. The number of hydrogen-bond acceptors (Lipinski definition) is 6. The van der Waals surface area contributed by atoms with Gasteiger partial charge in [0.2, 0.25) is 16.8 Å². The van der Waals surface area contributed by atoms with E-state index in [1.807, 2.05) is 30.5 Å². The van der Waals surface area contributed by atoms with Crippen LogP contribution < -0.4 is 5.32 Å². The van der Waals surface area contributed by atoms with Crippen LogP contribution in [0.3, 0.4) is 0 Å². The highest BCUT2D eigenvalue weighted by Crippen LogP contribution is 2.29. The summed E-state index contributed by atoms with van der Waals surface area (Å²) in [6.45, 7) is 7.18. The summed E-state index contributed by atoms with van der Waals surface area (Å²) < 4.78 is 39.7. The summed E-state index contributed by atoms with van der Waals surface area (Å²) >= 11 is 0. The van der Waals surface area contributed by atoms with Crippen LogP contribution >= 0.6 is 0 Å². The molecule has 34 heavy (non-hydrogen) atoms. The lowest BCUT2D eigenvalue weighted by molar-refractivity contribution is -0.119. The first kappa shape index (κ1) is 24.0. The van der Waals surface area contributed by atoms with Crippen molar-refractivity contribution in [3.05, 3.63) is 48.4 Å². The number of fused-ring (bicyclic) bond motifs is 1. The van der Waals surface area contributed by atoms with Gasteiger partial charge in [0.25, 0.3) is 10.0 Å². The maximum atomic E-state index is 13.2. The van der Waals surface area contributed by atoms with Crippen LogP contribution in [0.25, 0.3) is 10.9 Å². The largest absolute Gasteiger partial charge is 0.460 e. The van der Waals surface area contributed by atoms with Crippen molar-refractivity contribution in [1.82, 2.24) is 8.87 Å². The number of nitrogens with zero attached hydrogens (tertiary/aromatic N) is 2. The Morgan fingerprint density at radius 2 is 2.00 bits per heavy atom. The number of ether oxygens (including phenoxy) is 1. The van der Waals surface area contributed by atoms with E-state index in [0.29, 0.717) is 24.4 Å². The van der Waals surface area contributed by atoms with Crippen molar-refractivity contribution in [1.29, 1.82) is 0 Å². The molecule has 1 aromatic carbocycles. The highest BCUT2D eigenvalue weighted by molar-refractivity contribution is 7.89. The van der Waals surface area contributed by atoms with E-state index in [2.05, 4.69) is 23.7 Å². The van der Waals surface area contributed by atoms with Gasteiger partial charge in [-0.1, -0.05) is 13.8 Å². The van der Waals surface area contributed by atoms with Gasteiger partial charge in [0.15, 0.2) is 0 Å². The number of benzene rings is 1. The Balaban J connectivity index is 1.50. The van der Waals surface area contributed by atoms with E-state index in [1.54, 1.807) is 6.92 Å². The fourth-order valence-electron chi connectivity index (χ4n) is 4.23. The van der Waals surface area contributed by atoms with Crippen molar-refractivity contribution in [3.8, 4) is 0 Å². The summed E-state index contributed by atoms with van der Waals surface area (Å²) in [5.41, 5.74) is 1.68. The maximum Gasteiger partial charge on any atom is 0.374 e. The number of rotatable bonds is 8. The average molecular weight is 488 g/mol. The zero-order chi connectivity index (χ0) is 24.5. The zero-order valence-corrected chi connectivity index (χ0v) is 20.3. The van der Waals surface area contributed by atoms with E-state index in [0.717, 1.165) is 21.8 Å². The standard InChI is InChI=1S/C24H29N3O6S/c1-4-32-24(29)21-9-10-22(33-21)34(30,31)27-12-5-6-20(27)23(28)25-18-7-8-19-17(14-18)11-13-26(19)15-16(2)3/h7-11,13-14,16,20H,4-6,12,15H2,1-3H3,(H,25,28)/t20-/m0/s1. The van der Waals surface area contributed by atoms with Gasteiger partial charge in [-0.2, -0.15) is 4.31 Å². The minimum Gasteiger partial charge on any atom is -0.460 e. The Bertz CT molecular complexity index is 1310. The van der Waals surface area contributed by atoms with Crippen LogP contribution in [0.15, 0.2) is 52.1 Å². The highest BCUT2D eigenvalue weighted by Gasteiger charge is 2.41. The van der Waals surface area contributed by atoms with Crippen molar-refractivity contribution >= 4 is 38.5 Å². The van der Waals surface area contributed by atoms with Gasteiger partial charge in [0.1, 0.15) is 6.04 Å². The van der Waals surface area contributed by atoms with Crippen LogP contribution in [-0.4, -0.2) is 48.4 Å². The first-order valence-corrected chi connectivity index (χ1v) is 12.8. The summed E-state index contributed by atoms with van der Waals surface area (Å²) in [6, 6.07) is 9.26. The lowest BCUT2D eigenvalue weighted by Gasteiger charge is -2.22. The topological polar surface area (TPSA) is 111 Å². The average Bonchev–Trinajstić information content (AvgIpc) is 3.53. The number of furan rings is 1. The van der Waals surface area contributed by atoms with Gasteiger partial charge in [-0.25, -0.2) is 13.2 Å². The summed E-state index contributed by atoms with van der Waals surface area (Å²) in [6.07, 6.45) is 2.96. The molecule has 3 heterocycles. The molecule has 182 valence electrons. The molecular weight excluding hydrogens is 458 g/mol. The number of carbonyl (C=O) groups is 2. The second kappa shape index (κ2) is 9.63. The van der Waals surface area contributed by atoms with E-state index in [1.165, 1.54) is 12.1 Å². The van der Waals surface area contributed by atoms with Gasteiger partial charge in [0.05, 0.1) is 6.61 Å². The lowest BCUT2D eigenvalue weighted by atomic mass is 10.2. The smallest absolute Gasteiger partial charge is 0.374 e. The zero-order valence-electron chi connectivity index (χ0n) is 19.5. The Hall–Kier alpha value is -3.11. The molecule has 1 amide bonds. The second-order valence-electron chi connectivity index (χ2n) is 8.74. The van der Waals surface area contributed by atoms with Crippen LogP contribution in [0.2, 0.25) is 0 Å². The molecule has 1 N–H and O–H groups in total. The number of aromatic nitrogens is 1. The lowest BCUT2D eigenvalue weighted by Crippen LogP contribution is -2.43. The number of carbonyl (C=O) groups excluding carboxylic acids is 2. The molecule has 1 atom stereocenters. The predicted molar refractivity (Wildman–Crippen MR) is 127 cm³/mol. The number of esters is 1. The maximum absolute atomic E-state index is 13.2. The minimum absolute atomic E-state index is 0.143. The first-order chi connectivity index (χ1) is 16.2. The normalized spacial score (nSPS) is 16.9. The third-order valence-corrected chi connectivity index (χ3v) is 7.51. The SMILES string of the molecule is CCOC(=O)c1ccc(S(=O)(=O)N2CCC[C@H]2C(=O)Nc2ccc3c(ccn3CC(C)C)c2)o1. The molecular formula is C24H29N3O6S. The van der Waals surface area contributed by atoms with Crippen LogP contribution in [-0.2, 0) is 26.1 Å². The molecule has 10 heteroatoms. The van der Waals surface area contributed by atoms with Crippen LogP contribution in [0, 0.1) is 5.92 Å². The Kier molecular flexibility index (Phi) is 6.81. The van der Waals surface area contributed by atoms with E-state index in [9.17, 15) is 18.0 Å². The number of anilines is 1. The second-order valence-corrected chi connectivity index (χ2v) is 10.6. The minimum atomic E-state index is -4.10. The summed E-state index contributed by atoms with van der Waals surface area (Å²) in [5, 5.41) is 3.47. The molecule has 1 aliphatic heterocycles. The monoisotopic (exact) mass is 487 g/mol. The quantitative estimate of drug-likeness (QED) is 0.483. The molecule has 0 unspecified atom stereocenters. The number of sulfonamides is 1. The number of hydrogen-bond donors (Lipinski definition) is 1. The molecule has 4 rings (SSSR count). The first-order valence-electron chi connectivity index (χ1n) is 11.4. The number of nitrogens with one attached hydrogen (secondary N) is 1. The summed E-state index contributed by atoms with van der Waals surface area (Å²) in [4.78, 5) is 24.9. The molecule has 2 aromatic heterocycles. The van der Waals surface area contributed by atoms with E-state index in [4.69, 9.17) is 9.15 Å². The molecule has 1 aliphatic rings. The van der Waals surface area contributed by atoms with Crippen LogP contribution in [0.1, 0.15) is 44.2 Å². The Morgan fingerprint density at radius 3 is 2.74 bits per heavy atom. The molecule has 1 fully saturated rings. The molecule has 9 nitrogen and oxygen atoms in total. The van der Waals surface area contributed by atoms with Gasteiger partial charge in [-0.15, -0.1) is 0 Å². The van der Waals surface area contributed by atoms with Crippen LogP contribution in [0.5, 0.6) is 0 Å². The fraction of sp³-hybridized carbons (Fsp3) is 0.417. The van der Waals surface area contributed by atoms with Gasteiger partial charge >= 0.3 is 5.97 Å². The van der Waals surface area contributed by atoms with E-state index in [-0.39, 0.29) is 24.0 Å². The Morgan fingerprint density at radius 1 is 1.21 bits per heavy atom. The van der Waals surface area contributed by atoms with Gasteiger partial charge in [0, 0.05) is 35.9 Å². The van der Waals surface area contributed by atoms with E-state index < -0.39 is 27.9 Å². The molecule has 0 spiro atoms. The van der Waals surface area contributed by atoms with Crippen molar-refractivity contribution in [2.75, 3.05) is 18.5 Å². The van der Waals surface area contributed by atoms with Gasteiger partial charge < -0.3 is 19.0 Å². The van der Waals surface area contributed by atoms with Crippen LogP contribution in [0.4, 0.5) is 5.69 Å². The Labute approximate surface area is 198 Å². The van der Waals surface area contributed by atoms with E-state index >= 15 is 0 Å². The van der Waals surface area contributed by atoms with Gasteiger partial charge in [-0.3, -0.25) is 4.79 Å². The van der Waals surface area contributed by atoms with Crippen molar-refractivity contribution in [2.24, 2.45) is 5.92 Å². The predicted octanol–water partition coefficient (Wildman–Crippen LogP) is 3.86. The fourth-order valence-corrected chi connectivity index (χ4v) is 5.80. The third-order valence-electron chi connectivity index (χ3n) is 5.73. The third kappa shape index (κ3) is 4.74. The van der Waals surface area contributed by atoms with Crippen molar-refractivity contribution in [2.45, 2.75) is 51.3 Å². The molecule has 3 aromatic rings. The summed E-state index contributed by atoms with van der Waals surface area (Å²) in [5.74, 6) is -0.831. The van der Waals surface area contributed by atoms with Crippen molar-refractivity contribution in [3.63, 3.8) is 0 Å².